The van der Waals surface area contributed by atoms with Crippen molar-refractivity contribution in [2.24, 2.45) is 0 Å². The first-order chi connectivity index (χ1) is 13.2. The van der Waals surface area contributed by atoms with Crippen molar-refractivity contribution < 1.29 is 19.0 Å². The standard InChI is InChI=1S/C21H28N2O4/c1-3-25-13-11-23(12-14-26-4-2)21(24)16-27-20-10-9-17(15-22)18-7-5-6-8-19(18)20/h5-10,15,22H,3-4,11-14,16H2,1-2H3. The van der Waals surface area contributed by atoms with E-state index in [1.54, 1.807) is 11.0 Å². The van der Waals surface area contributed by atoms with E-state index in [1.165, 1.54) is 6.21 Å². The molecule has 27 heavy (non-hydrogen) atoms. The summed E-state index contributed by atoms with van der Waals surface area (Å²) in [5.41, 5.74) is 0.819. The zero-order valence-corrected chi connectivity index (χ0v) is 16.1. The van der Waals surface area contributed by atoms with E-state index in [-0.39, 0.29) is 12.5 Å². The van der Waals surface area contributed by atoms with Crippen molar-refractivity contribution in [2.45, 2.75) is 13.8 Å². The van der Waals surface area contributed by atoms with Gasteiger partial charge in [0, 0.05) is 43.5 Å². The van der Waals surface area contributed by atoms with Gasteiger partial charge in [-0.1, -0.05) is 24.3 Å². The van der Waals surface area contributed by atoms with Gasteiger partial charge in [-0.2, -0.15) is 0 Å². The van der Waals surface area contributed by atoms with Crippen LogP contribution in [0.25, 0.3) is 10.8 Å². The number of hydrogen-bond acceptors (Lipinski definition) is 5. The second kappa shape index (κ2) is 11.3. The van der Waals surface area contributed by atoms with Crippen LogP contribution in [0, 0.1) is 5.41 Å². The predicted molar refractivity (Wildman–Crippen MR) is 107 cm³/mol. The Kier molecular flexibility index (Phi) is 8.74. The fourth-order valence-corrected chi connectivity index (χ4v) is 2.78. The van der Waals surface area contributed by atoms with Crippen molar-refractivity contribution in [1.29, 1.82) is 5.41 Å². The number of nitrogens with zero attached hydrogens (tertiary/aromatic N) is 1. The quantitative estimate of drug-likeness (QED) is 0.459. The van der Waals surface area contributed by atoms with Crippen molar-refractivity contribution in [3.05, 3.63) is 42.0 Å². The van der Waals surface area contributed by atoms with E-state index in [1.807, 2.05) is 44.2 Å². The Morgan fingerprint density at radius 3 is 2.22 bits per heavy atom. The fourth-order valence-electron chi connectivity index (χ4n) is 2.78. The number of benzene rings is 2. The SMILES string of the molecule is CCOCCN(CCOCC)C(=O)COc1ccc(C=N)c2ccccc12. The third kappa shape index (κ3) is 6.05. The second-order valence-corrected chi connectivity index (χ2v) is 5.91. The van der Waals surface area contributed by atoms with E-state index in [9.17, 15) is 4.79 Å². The smallest absolute Gasteiger partial charge is 0.260 e. The van der Waals surface area contributed by atoms with Gasteiger partial charge in [-0.05, 0) is 31.4 Å². The van der Waals surface area contributed by atoms with E-state index in [2.05, 4.69) is 0 Å². The molecule has 0 aliphatic rings. The molecule has 0 aliphatic heterocycles. The number of carbonyl (C=O) groups is 1. The van der Waals surface area contributed by atoms with E-state index < -0.39 is 0 Å². The van der Waals surface area contributed by atoms with Crippen LogP contribution in [0.2, 0.25) is 0 Å². The average Bonchev–Trinajstić information content (AvgIpc) is 2.70. The molecule has 0 fully saturated rings. The van der Waals surface area contributed by atoms with Crippen LogP contribution in [0.4, 0.5) is 0 Å². The lowest BCUT2D eigenvalue weighted by Crippen LogP contribution is -2.39. The molecule has 0 aliphatic carbocycles. The molecule has 0 bridgehead atoms. The normalized spacial score (nSPS) is 10.7. The number of hydrogen-bond donors (Lipinski definition) is 1. The number of amides is 1. The van der Waals surface area contributed by atoms with Crippen LogP contribution in [0.3, 0.4) is 0 Å². The van der Waals surface area contributed by atoms with Gasteiger partial charge in [0.05, 0.1) is 13.2 Å². The summed E-state index contributed by atoms with van der Waals surface area (Å²) >= 11 is 0. The number of ether oxygens (including phenoxy) is 3. The minimum absolute atomic E-state index is 0.0494. The van der Waals surface area contributed by atoms with Crippen LogP contribution in [-0.4, -0.2) is 63.1 Å². The number of fused-ring (bicyclic) bond motifs is 1. The van der Waals surface area contributed by atoms with Crippen LogP contribution in [-0.2, 0) is 14.3 Å². The molecule has 0 saturated carbocycles. The minimum Gasteiger partial charge on any atom is -0.483 e. The zero-order valence-electron chi connectivity index (χ0n) is 16.1. The first-order valence-electron chi connectivity index (χ1n) is 9.29. The van der Waals surface area contributed by atoms with Gasteiger partial charge < -0.3 is 24.5 Å². The molecule has 2 aromatic carbocycles. The first kappa shape index (κ1) is 20.9. The highest BCUT2D eigenvalue weighted by atomic mass is 16.5. The van der Waals surface area contributed by atoms with Gasteiger partial charge in [-0.25, -0.2) is 0 Å². The Balaban J connectivity index is 2.05. The number of nitrogens with one attached hydrogen (secondary N) is 1. The molecule has 1 N–H and O–H groups in total. The summed E-state index contributed by atoms with van der Waals surface area (Å²) in [6, 6.07) is 11.4. The van der Waals surface area contributed by atoms with Crippen molar-refractivity contribution in [2.75, 3.05) is 46.1 Å². The summed E-state index contributed by atoms with van der Waals surface area (Å²) in [7, 11) is 0. The largest absolute Gasteiger partial charge is 0.483 e. The minimum atomic E-state index is -0.102. The molecule has 2 rings (SSSR count). The van der Waals surface area contributed by atoms with Gasteiger partial charge in [-0.15, -0.1) is 0 Å². The van der Waals surface area contributed by atoms with Crippen molar-refractivity contribution in [3.63, 3.8) is 0 Å². The Morgan fingerprint density at radius 1 is 1.00 bits per heavy atom. The zero-order chi connectivity index (χ0) is 19.5. The van der Waals surface area contributed by atoms with E-state index >= 15 is 0 Å². The molecule has 146 valence electrons. The van der Waals surface area contributed by atoms with Crippen LogP contribution in [0.5, 0.6) is 5.75 Å². The lowest BCUT2D eigenvalue weighted by atomic mass is 10.0. The molecule has 6 nitrogen and oxygen atoms in total. The third-order valence-corrected chi connectivity index (χ3v) is 4.20. The second-order valence-electron chi connectivity index (χ2n) is 5.91. The molecular formula is C21H28N2O4. The summed E-state index contributed by atoms with van der Waals surface area (Å²) in [6.07, 6.45) is 1.32. The summed E-state index contributed by atoms with van der Waals surface area (Å²) in [4.78, 5) is 14.3. The molecule has 0 unspecified atom stereocenters. The van der Waals surface area contributed by atoms with Crippen LogP contribution in [0.15, 0.2) is 36.4 Å². The highest BCUT2D eigenvalue weighted by Gasteiger charge is 2.15. The molecular weight excluding hydrogens is 344 g/mol. The van der Waals surface area contributed by atoms with Gasteiger partial charge in [0.25, 0.3) is 5.91 Å². The first-order valence-corrected chi connectivity index (χ1v) is 9.29. The number of rotatable bonds is 12. The molecule has 0 radical (unpaired) electrons. The maximum Gasteiger partial charge on any atom is 0.260 e. The van der Waals surface area contributed by atoms with Gasteiger partial charge in [-0.3, -0.25) is 4.79 Å². The summed E-state index contributed by atoms with van der Waals surface area (Å²) in [6.45, 7) is 7.05. The number of carbonyl (C=O) groups excluding carboxylic acids is 1. The van der Waals surface area contributed by atoms with Crippen LogP contribution >= 0.6 is 0 Å². The summed E-state index contributed by atoms with van der Waals surface area (Å²) in [5, 5.41) is 9.36. The highest BCUT2D eigenvalue weighted by Crippen LogP contribution is 2.27. The van der Waals surface area contributed by atoms with Crippen molar-refractivity contribution in [1.82, 2.24) is 4.90 Å². The van der Waals surface area contributed by atoms with Gasteiger partial charge in [0.15, 0.2) is 6.61 Å². The molecule has 1 amide bonds. The highest BCUT2D eigenvalue weighted by molar-refractivity contribution is 6.01. The Hall–Kier alpha value is -2.44. The van der Waals surface area contributed by atoms with E-state index in [0.29, 0.717) is 45.3 Å². The molecule has 0 saturated heterocycles. The van der Waals surface area contributed by atoms with Gasteiger partial charge in [0.2, 0.25) is 0 Å². The monoisotopic (exact) mass is 372 g/mol. The lowest BCUT2D eigenvalue weighted by molar-refractivity contribution is -0.134. The van der Waals surface area contributed by atoms with Gasteiger partial charge in [0.1, 0.15) is 5.75 Å². The fraction of sp³-hybridized carbons (Fsp3) is 0.429. The van der Waals surface area contributed by atoms with Crippen LogP contribution < -0.4 is 4.74 Å². The maximum atomic E-state index is 12.6. The molecule has 0 aromatic heterocycles. The molecule has 0 heterocycles. The molecule has 2 aromatic rings. The van der Waals surface area contributed by atoms with E-state index in [4.69, 9.17) is 19.6 Å². The van der Waals surface area contributed by atoms with Crippen LogP contribution in [0.1, 0.15) is 19.4 Å². The Bertz CT molecular complexity index is 738. The average molecular weight is 372 g/mol. The molecule has 6 heteroatoms. The Morgan fingerprint density at radius 2 is 1.63 bits per heavy atom. The Labute approximate surface area is 160 Å². The molecule has 0 spiro atoms. The van der Waals surface area contributed by atoms with E-state index in [0.717, 1.165) is 16.3 Å². The van der Waals surface area contributed by atoms with Gasteiger partial charge >= 0.3 is 0 Å². The van der Waals surface area contributed by atoms with Crippen molar-refractivity contribution >= 4 is 22.9 Å². The summed E-state index contributed by atoms with van der Waals surface area (Å²) in [5.74, 6) is 0.536. The maximum absolute atomic E-state index is 12.6. The topological polar surface area (TPSA) is 71.8 Å². The lowest BCUT2D eigenvalue weighted by Gasteiger charge is -2.23. The van der Waals surface area contributed by atoms with Crippen molar-refractivity contribution in [3.8, 4) is 5.75 Å². The molecule has 0 atom stereocenters. The predicted octanol–water partition coefficient (Wildman–Crippen LogP) is 3.12. The third-order valence-electron chi connectivity index (χ3n) is 4.20. The summed E-state index contributed by atoms with van der Waals surface area (Å²) < 4.78 is 16.6.